The first-order valence-electron chi connectivity index (χ1n) is 10.1. The zero-order valence-corrected chi connectivity index (χ0v) is 17.2. The summed E-state index contributed by atoms with van der Waals surface area (Å²) < 4.78 is 13.1. The van der Waals surface area contributed by atoms with Crippen LogP contribution >= 0.6 is 0 Å². The summed E-state index contributed by atoms with van der Waals surface area (Å²) in [6.45, 7) is 6.59. The second kappa shape index (κ2) is 9.08. The lowest BCUT2D eigenvalue weighted by molar-refractivity contribution is -0.123. The molecule has 4 rings (SSSR count). The molecule has 0 unspecified atom stereocenters. The second-order valence-electron chi connectivity index (χ2n) is 7.42. The van der Waals surface area contributed by atoms with E-state index in [1.807, 2.05) is 30.3 Å². The molecule has 1 fully saturated rings. The molecular weight excluding hydrogens is 384 g/mol. The quantitative estimate of drug-likeness (QED) is 0.633. The molecule has 0 saturated carbocycles. The number of nitrogens with one attached hydrogen (secondary N) is 1. The van der Waals surface area contributed by atoms with Gasteiger partial charge < -0.3 is 19.7 Å². The van der Waals surface area contributed by atoms with Gasteiger partial charge in [0.1, 0.15) is 17.9 Å². The molecule has 0 aliphatic carbocycles. The largest absolute Gasteiger partial charge is 0.484 e. The van der Waals surface area contributed by atoms with Crippen LogP contribution in [0.15, 0.2) is 42.9 Å². The smallest absolute Gasteiger partial charge is 0.258 e. The third-order valence-corrected chi connectivity index (χ3v) is 4.89. The summed E-state index contributed by atoms with van der Waals surface area (Å²) in [6.07, 6.45) is 3.63. The zero-order valence-electron chi connectivity index (χ0n) is 17.2. The highest BCUT2D eigenvalue weighted by Gasteiger charge is 2.25. The number of anilines is 1. The van der Waals surface area contributed by atoms with E-state index in [0.29, 0.717) is 18.8 Å². The Hall–Kier alpha value is -3.20. The molecule has 1 aliphatic heterocycles. The van der Waals surface area contributed by atoms with Crippen LogP contribution in [0.25, 0.3) is 11.0 Å². The first-order valence-corrected chi connectivity index (χ1v) is 10.1. The number of hydrogen-bond donors (Lipinski definition) is 1. The monoisotopic (exact) mass is 410 g/mol. The minimum Gasteiger partial charge on any atom is -0.484 e. The van der Waals surface area contributed by atoms with Crippen molar-refractivity contribution in [2.24, 2.45) is 0 Å². The van der Waals surface area contributed by atoms with Gasteiger partial charge >= 0.3 is 0 Å². The molecule has 3 heterocycles. The van der Waals surface area contributed by atoms with Gasteiger partial charge in [0.25, 0.3) is 5.91 Å². The maximum Gasteiger partial charge on any atom is 0.258 e. The summed E-state index contributed by atoms with van der Waals surface area (Å²) >= 11 is 0. The Bertz CT molecular complexity index is 983. The molecule has 9 heteroatoms. The Balaban J connectivity index is 1.35. The van der Waals surface area contributed by atoms with E-state index >= 15 is 0 Å². The van der Waals surface area contributed by atoms with Crippen LogP contribution in [0.4, 0.5) is 5.82 Å². The lowest BCUT2D eigenvalue weighted by Gasteiger charge is -2.36. The topological polar surface area (TPSA) is 94.4 Å². The number of nitrogens with zero attached hydrogens (tertiary/aromatic N) is 5. The third kappa shape index (κ3) is 4.68. The van der Waals surface area contributed by atoms with Crippen molar-refractivity contribution in [3.8, 4) is 5.75 Å². The highest BCUT2D eigenvalue weighted by atomic mass is 16.5. The van der Waals surface area contributed by atoms with Crippen molar-refractivity contribution in [3.63, 3.8) is 0 Å². The highest BCUT2D eigenvalue weighted by molar-refractivity contribution is 5.86. The van der Waals surface area contributed by atoms with Crippen molar-refractivity contribution >= 4 is 22.8 Å². The molecule has 2 atom stereocenters. The SMILES string of the molecule is C[C@H]1CN(c2ncnc3c2cnn3CCNC(=O)COc2ccccc2)C[C@H](C)O1. The van der Waals surface area contributed by atoms with Crippen LogP contribution in [0.1, 0.15) is 13.8 Å². The number of morpholine rings is 1. The van der Waals surface area contributed by atoms with Crippen molar-refractivity contribution in [2.75, 3.05) is 31.1 Å². The molecule has 1 saturated heterocycles. The Morgan fingerprint density at radius 1 is 1.20 bits per heavy atom. The van der Waals surface area contributed by atoms with E-state index in [4.69, 9.17) is 9.47 Å². The average Bonchev–Trinajstić information content (AvgIpc) is 3.15. The minimum atomic E-state index is -0.179. The van der Waals surface area contributed by atoms with Crippen LogP contribution in [0.2, 0.25) is 0 Å². The molecule has 0 spiro atoms. The molecule has 3 aromatic rings. The first-order chi connectivity index (χ1) is 14.6. The van der Waals surface area contributed by atoms with Gasteiger partial charge in [-0.05, 0) is 26.0 Å². The van der Waals surface area contributed by atoms with Gasteiger partial charge in [0.15, 0.2) is 12.3 Å². The van der Waals surface area contributed by atoms with E-state index in [2.05, 4.69) is 39.1 Å². The summed E-state index contributed by atoms with van der Waals surface area (Å²) in [5.74, 6) is 1.36. The molecule has 1 aromatic carbocycles. The lowest BCUT2D eigenvalue weighted by atomic mass is 10.2. The predicted molar refractivity (Wildman–Crippen MR) is 112 cm³/mol. The standard InChI is InChI=1S/C21H26N6O3/c1-15-11-26(12-16(2)30-15)20-18-10-25-27(21(18)24-14-23-20)9-8-22-19(28)13-29-17-6-4-3-5-7-17/h3-7,10,14-16H,8-9,11-13H2,1-2H3,(H,22,28)/t15-,16-/m0/s1. The van der Waals surface area contributed by atoms with Crippen molar-refractivity contribution in [3.05, 3.63) is 42.9 Å². The maximum atomic E-state index is 12.0. The van der Waals surface area contributed by atoms with Crippen LogP contribution in [0, 0.1) is 0 Å². The number of rotatable bonds is 7. The van der Waals surface area contributed by atoms with Crippen molar-refractivity contribution in [1.82, 2.24) is 25.1 Å². The highest BCUT2D eigenvalue weighted by Crippen LogP contribution is 2.25. The van der Waals surface area contributed by atoms with Gasteiger partial charge in [-0.2, -0.15) is 5.10 Å². The van der Waals surface area contributed by atoms with Gasteiger partial charge in [-0.15, -0.1) is 0 Å². The Labute approximate surface area is 175 Å². The van der Waals surface area contributed by atoms with E-state index in [9.17, 15) is 4.79 Å². The van der Waals surface area contributed by atoms with Crippen LogP contribution in [-0.2, 0) is 16.1 Å². The number of aromatic nitrogens is 4. The predicted octanol–water partition coefficient (Wildman–Crippen LogP) is 1.64. The average molecular weight is 410 g/mol. The molecule has 9 nitrogen and oxygen atoms in total. The minimum absolute atomic E-state index is 0.0242. The van der Waals surface area contributed by atoms with Crippen LogP contribution in [-0.4, -0.2) is 64.1 Å². The molecule has 1 aliphatic rings. The fourth-order valence-electron chi connectivity index (χ4n) is 3.66. The molecule has 1 N–H and O–H groups in total. The van der Waals surface area contributed by atoms with Gasteiger partial charge in [0.2, 0.25) is 0 Å². The van der Waals surface area contributed by atoms with E-state index in [0.717, 1.165) is 29.9 Å². The number of ether oxygens (including phenoxy) is 2. The summed E-state index contributed by atoms with van der Waals surface area (Å²) in [5, 5.41) is 8.20. The van der Waals surface area contributed by atoms with Gasteiger partial charge in [0.05, 0.1) is 30.3 Å². The third-order valence-electron chi connectivity index (χ3n) is 4.89. The summed E-state index contributed by atoms with van der Waals surface area (Å²) in [6, 6.07) is 9.26. The molecule has 0 radical (unpaired) electrons. The first kappa shape index (κ1) is 20.1. The van der Waals surface area contributed by atoms with Crippen molar-refractivity contribution < 1.29 is 14.3 Å². The fourth-order valence-corrected chi connectivity index (χ4v) is 3.66. The Morgan fingerprint density at radius 2 is 1.97 bits per heavy atom. The molecule has 0 bridgehead atoms. The van der Waals surface area contributed by atoms with Crippen molar-refractivity contribution in [2.45, 2.75) is 32.6 Å². The fraction of sp³-hybridized carbons (Fsp3) is 0.429. The molecule has 30 heavy (non-hydrogen) atoms. The lowest BCUT2D eigenvalue weighted by Crippen LogP contribution is -2.45. The number of amides is 1. The molecule has 1 amide bonds. The van der Waals surface area contributed by atoms with Crippen LogP contribution in [0.3, 0.4) is 0 Å². The van der Waals surface area contributed by atoms with E-state index in [-0.39, 0.29) is 24.7 Å². The number of para-hydroxylation sites is 1. The zero-order chi connectivity index (χ0) is 20.9. The number of benzene rings is 1. The summed E-state index contributed by atoms with van der Waals surface area (Å²) in [7, 11) is 0. The maximum absolute atomic E-state index is 12.0. The van der Waals surface area contributed by atoms with Crippen LogP contribution < -0.4 is 15.0 Å². The number of hydrogen-bond acceptors (Lipinski definition) is 7. The van der Waals surface area contributed by atoms with Gasteiger partial charge in [-0.1, -0.05) is 18.2 Å². The summed E-state index contributed by atoms with van der Waals surface area (Å²) in [4.78, 5) is 23.1. The van der Waals surface area contributed by atoms with Gasteiger partial charge in [-0.25, -0.2) is 14.6 Å². The number of carbonyl (C=O) groups excluding carboxylic acids is 1. The Kier molecular flexibility index (Phi) is 6.08. The van der Waals surface area contributed by atoms with E-state index < -0.39 is 0 Å². The second-order valence-corrected chi connectivity index (χ2v) is 7.42. The number of fused-ring (bicyclic) bond motifs is 1. The van der Waals surface area contributed by atoms with E-state index in [1.54, 1.807) is 17.2 Å². The molecule has 158 valence electrons. The van der Waals surface area contributed by atoms with E-state index in [1.165, 1.54) is 0 Å². The normalized spacial score (nSPS) is 19.1. The van der Waals surface area contributed by atoms with Crippen molar-refractivity contribution in [1.29, 1.82) is 0 Å². The number of carbonyl (C=O) groups is 1. The molecule has 2 aromatic heterocycles. The Morgan fingerprint density at radius 3 is 2.73 bits per heavy atom. The molecular formula is C21H26N6O3. The summed E-state index contributed by atoms with van der Waals surface area (Å²) in [5.41, 5.74) is 0.751. The van der Waals surface area contributed by atoms with Gasteiger partial charge in [-0.3, -0.25) is 4.79 Å². The van der Waals surface area contributed by atoms with Gasteiger partial charge in [0, 0.05) is 19.6 Å². The van der Waals surface area contributed by atoms with Crippen LogP contribution in [0.5, 0.6) is 5.75 Å².